The summed E-state index contributed by atoms with van der Waals surface area (Å²) in [6.07, 6.45) is 0. The Kier molecular flexibility index (Phi) is 4.90. The zero-order valence-electron chi connectivity index (χ0n) is 14.3. The number of nitrogens with zero attached hydrogens (tertiary/aromatic N) is 1. The van der Waals surface area contributed by atoms with E-state index < -0.39 is 5.25 Å². The van der Waals surface area contributed by atoms with Crippen LogP contribution in [0.1, 0.15) is 18.1 Å². The summed E-state index contributed by atoms with van der Waals surface area (Å²) < 4.78 is 0. The highest BCUT2D eigenvalue weighted by Gasteiger charge is 2.18. The predicted molar refractivity (Wildman–Crippen MR) is 102 cm³/mol. The molecule has 0 radical (unpaired) electrons. The van der Waals surface area contributed by atoms with Crippen LogP contribution in [0.25, 0.3) is 10.9 Å². The Balaban J connectivity index is 1.79. The van der Waals surface area contributed by atoms with E-state index in [2.05, 4.69) is 15.3 Å². The Bertz CT molecular complexity index is 977. The Hall–Kier alpha value is -2.60. The Morgan fingerprint density at radius 1 is 1.12 bits per heavy atom. The molecule has 0 fully saturated rings. The number of aromatic amines is 1. The maximum Gasteiger partial charge on any atom is 0.259 e. The topological polar surface area (TPSA) is 74.8 Å². The first-order chi connectivity index (χ1) is 12.0. The van der Waals surface area contributed by atoms with E-state index in [-0.39, 0.29) is 11.5 Å². The smallest absolute Gasteiger partial charge is 0.259 e. The number of aromatic nitrogens is 2. The van der Waals surface area contributed by atoms with Crippen LogP contribution in [-0.2, 0) is 4.79 Å². The molecular formula is C19H19N3O2S. The monoisotopic (exact) mass is 353 g/mol. The van der Waals surface area contributed by atoms with Crippen LogP contribution in [0.2, 0.25) is 0 Å². The van der Waals surface area contributed by atoms with Gasteiger partial charge in [0, 0.05) is 5.69 Å². The molecule has 1 atom stereocenters. The van der Waals surface area contributed by atoms with Crippen molar-refractivity contribution in [1.29, 1.82) is 0 Å². The van der Waals surface area contributed by atoms with Crippen LogP contribution in [0.5, 0.6) is 0 Å². The van der Waals surface area contributed by atoms with Crippen LogP contribution >= 0.6 is 11.8 Å². The van der Waals surface area contributed by atoms with Crippen molar-refractivity contribution in [3.63, 3.8) is 0 Å². The van der Waals surface area contributed by atoms with Gasteiger partial charge in [-0.25, -0.2) is 4.98 Å². The van der Waals surface area contributed by atoms with E-state index in [1.165, 1.54) is 11.8 Å². The summed E-state index contributed by atoms with van der Waals surface area (Å²) in [5.74, 6) is -0.127. The average molecular weight is 353 g/mol. The summed E-state index contributed by atoms with van der Waals surface area (Å²) in [6, 6.07) is 13.0. The van der Waals surface area contributed by atoms with Gasteiger partial charge in [0.2, 0.25) is 5.91 Å². The van der Waals surface area contributed by atoms with Gasteiger partial charge < -0.3 is 10.3 Å². The van der Waals surface area contributed by atoms with Gasteiger partial charge in [0.05, 0.1) is 16.2 Å². The van der Waals surface area contributed by atoms with Crippen molar-refractivity contribution in [2.75, 3.05) is 5.32 Å². The van der Waals surface area contributed by atoms with Gasteiger partial charge in [-0.1, -0.05) is 42.1 Å². The maximum absolute atomic E-state index is 12.5. The molecule has 1 unspecified atom stereocenters. The molecule has 0 aliphatic heterocycles. The third kappa shape index (κ3) is 3.74. The number of hydrogen-bond donors (Lipinski definition) is 2. The van der Waals surface area contributed by atoms with Gasteiger partial charge in [-0.05, 0) is 44.0 Å². The second-order valence-electron chi connectivity index (χ2n) is 5.90. The average Bonchev–Trinajstić information content (AvgIpc) is 2.58. The molecule has 0 saturated carbocycles. The molecule has 1 aromatic heterocycles. The molecule has 0 aliphatic rings. The number of amides is 1. The zero-order chi connectivity index (χ0) is 18.0. The fraction of sp³-hybridized carbons (Fsp3) is 0.211. The third-order valence-electron chi connectivity index (χ3n) is 3.98. The number of H-pyrrole nitrogens is 1. The number of anilines is 1. The molecule has 0 bridgehead atoms. The van der Waals surface area contributed by atoms with Gasteiger partial charge in [-0.15, -0.1) is 0 Å². The van der Waals surface area contributed by atoms with Crippen molar-refractivity contribution in [2.45, 2.75) is 31.2 Å². The number of aryl methyl sites for hydroxylation is 2. The molecule has 128 valence electrons. The molecule has 5 nitrogen and oxygen atoms in total. The highest BCUT2D eigenvalue weighted by atomic mass is 32.2. The molecule has 1 heterocycles. The van der Waals surface area contributed by atoms with Crippen molar-refractivity contribution in [3.05, 3.63) is 63.9 Å². The normalized spacial score (nSPS) is 12.1. The number of rotatable bonds is 4. The summed E-state index contributed by atoms with van der Waals surface area (Å²) in [6.45, 7) is 5.72. The number of benzene rings is 2. The van der Waals surface area contributed by atoms with Gasteiger partial charge in [0.25, 0.3) is 5.56 Å². The molecule has 3 aromatic rings. The van der Waals surface area contributed by atoms with E-state index in [9.17, 15) is 9.59 Å². The zero-order valence-corrected chi connectivity index (χ0v) is 15.1. The van der Waals surface area contributed by atoms with Gasteiger partial charge >= 0.3 is 0 Å². The van der Waals surface area contributed by atoms with E-state index in [1.807, 2.05) is 38.1 Å². The van der Waals surface area contributed by atoms with Gasteiger partial charge in [0.1, 0.15) is 0 Å². The van der Waals surface area contributed by atoms with Crippen molar-refractivity contribution >= 4 is 34.3 Å². The molecule has 2 aromatic carbocycles. The van der Waals surface area contributed by atoms with Crippen molar-refractivity contribution in [2.24, 2.45) is 0 Å². The quantitative estimate of drug-likeness (QED) is 0.554. The highest BCUT2D eigenvalue weighted by Crippen LogP contribution is 2.24. The number of nitrogens with one attached hydrogen (secondary N) is 2. The fourth-order valence-corrected chi connectivity index (χ4v) is 3.38. The van der Waals surface area contributed by atoms with Crippen molar-refractivity contribution in [1.82, 2.24) is 9.97 Å². The number of carbonyl (C=O) groups is 1. The first-order valence-electron chi connectivity index (χ1n) is 7.98. The molecule has 0 spiro atoms. The summed E-state index contributed by atoms with van der Waals surface area (Å²) >= 11 is 1.23. The molecule has 3 rings (SSSR count). The van der Waals surface area contributed by atoms with Crippen LogP contribution in [0.15, 0.2) is 52.4 Å². The van der Waals surface area contributed by atoms with E-state index in [0.29, 0.717) is 16.1 Å². The van der Waals surface area contributed by atoms with Crippen LogP contribution in [0.3, 0.4) is 0 Å². The minimum atomic E-state index is -0.400. The van der Waals surface area contributed by atoms with E-state index in [4.69, 9.17) is 0 Å². The number of para-hydroxylation sites is 2. The lowest BCUT2D eigenvalue weighted by Gasteiger charge is -2.15. The van der Waals surface area contributed by atoms with Gasteiger partial charge in [-0.3, -0.25) is 9.59 Å². The van der Waals surface area contributed by atoms with Crippen molar-refractivity contribution in [3.8, 4) is 0 Å². The first kappa shape index (κ1) is 17.2. The Labute approximate surface area is 149 Å². The lowest BCUT2D eigenvalue weighted by Crippen LogP contribution is -2.24. The SMILES string of the molecule is Cc1cccc(C)c1NC(=O)C(C)Sc1nc2ccccc2c(=O)[nH]1. The number of fused-ring (bicyclic) bond motifs is 1. The highest BCUT2D eigenvalue weighted by molar-refractivity contribution is 8.00. The standard InChI is InChI=1S/C19H19N3O2S/c1-11-7-6-8-12(2)16(11)21-17(23)13(3)25-19-20-15-10-5-4-9-14(15)18(24)22-19/h4-10,13H,1-3H3,(H,21,23)(H,20,22,24). The van der Waals surface area contributed by atoms with Crippen LogP contribution < -0.4 is 10.9 Å². The first-order valence-corrected chi connectivity index (χ1v) is 8.86. The molecular weight excluding hydrogens is 334 g/mol. The Morgan fingerprint density at radius 2 is 1.80 bits per heavy atom. The second-order valence-corrected chi connectivity index (χ2v) is 7.23. The van der Waals surface area contributed by atoms with E-state index >= 15 is 0 Å². The minimum absolute atomic E-state index is 0.127. The molecule has 25 heavy (non-hydrogen) atoms. The fourth-order valence-electron chi connectivity index (χ4n) is 2.58. The molecule has 1 amide bonds. The Morgan fingerprint density at radius 3 is 2.52 bits per heavy atom. The molecule has 2 N–H and O–H groups in total. The minimum Gasteiger partial charge on any atom is -0.325 e. The summed E-state index contributed by atoms with van der Waals surface area (Å²) in [5.41, 5.74) is 3.29. The number of carbonyl (C=O) groups excluding carboxylic acids is 1. The summed E-state index contributed by atoms with van der Waals surface area (Å²) in [5, 5.41) is 3.55. The summed E-state index contributed by atoms with van der Waals surface area (Å²) in [7, 11) is 0. The number of hydrogen-bond acceptors (Lipinski definition) is 4. The lowest BCUT2D eigenvalue weighted by molar-refractivity contribution is -0.115. The largest absolute Gasteiger partial charge is 0.325 e. The lowest BCUT2D eigenvalue weighted by atomic mass is 10.1. The molecule has 0 aliphatic carbocycles. The van der Waals surface area contributed by atoms with Crippen LogP contribution in [0.4, 0.5) is 5.69 Å². The predicted octanol–water partition coefficient (Wildman–Crippen LogP) is 3.66. The summed E-state index contributed by atoms with van der Waals surface area (Å²) in [4.78, 5) is 31.8. The maximum atomic E-state index is 12.5. The van der Waals surface area contributed by atoms with Gasteiger partial charge in [0.15, 0.2) is 5.16 Å². The second kappa shape index (κ2) is 7.11. The van der Waals surface area contributed by atoms with E-state index in [0.717, 1.165) is 16.8 Å². The number of thioether (sulfide) groups is 1. The van der Waals surface area contributed by atoms with Gasteiger partial charge in [-0.2, -0.15) is 0 Å². The molecule has 6 heteroatoms. The van der Waals surface area contributed by atoms with Crippen LogP contribution in [0, 0.1) is 13.8 Å². The van der Waals surface area contributed by atoms with Crippen molar-refractivity contribution < 1.29 is 4.79 Å². The van der Waals surface area contributed by atoms with E-state index in [1.54, 1.807) is 25.1 Å². The third-order valence-corrected chi connectivity index (χ3v) is 4.96. The molecule has 0 saturated heterocycles. The van der Waals surface area contributed by atoms with Crippen LogP contribution in [-0.4, -0.2) is 21.1 Å².